The molecular weight excluding hydrogens is 242 g/mol. The van der Waals surface area contributed by atoms with E-state index < -0.39 is 5.97 Å². The molecule has 1 rings (SSSR count). The highest BCUT2D eigenvalue weighted by atomic mass is 16.4. The van der Waals surface area contributed by atoms with Crippen molar-refractivity contribution < 1.29 is 15.0 Å². The van der Waals surface area contributed by atoms with Gasteiger partial charge in [0.2, 0.25) is 0 Å². The van der Waals surface area contributed by atoms with Crippen molar-refractivity contribution in [2.45, 2.75) is 26.4 Å². The van der Waals surface area contributed by atoms with Crippen LogP contribution in [0.1, 0.15) is 29.8 Å². The molecule has 0 bridgehead atoms. The van der Waals surface area contributed by atoms with E-state index in [2.05, 4.69) is 0 Å². The van der Waals surface area contributed by atoms with Gasteiger partial charge in [0.15, 0.2) is 0 Å². The van der Waals surface area contributed by atoms with Gasteiger partial charge in [-0.3, -0.25) is 0 Å². The molecule has 106 valence electrons. The molecule has 0 amide bonds. The van der Waals surface area contributed by atoms with Crippen molar-refractivity contribution in [2.75, 3.05) is 20.1 Å². The summed E-state index contributed by atoms with van der Waals surface area (Å²) in [6.45, 7) is 5.30. The van der Waals surface area contributed by atoms with E-state index >= 15 is 0 Å². The average Bonchev–Trinajstić information content (AvgIpc) is 2.36. The summed E-state index contributed by atoms with van der Waals surface area (Å²) in [7, 11) is 1.94. The Morgan fingerprint density at radius 1 is 1.32 bits per heavy atom. The molecule has 0 aliphatic carbocycles. The molecule has 2 N–H and O–H groups in total. The van der Waals surface area contributed by atoms with Gasteiger partial charge in [-0.05, 0) is 31.0 Å². The number of likely N-dealkylation sites (N-methyl/N-ethyl adjacent to an activating group) is 1. The Kier molecular flexibility index (Phi) is 5.99. The molecule has 0 saturated heterocycles. The summed E-state index contributed by atoms with van der Waals surface area (Å²) in [6, 6.07) is 7.06. The SMILES string of the molecule is CC(C)C(O)CN(C)CCc1ccccc1C(=O)O. The van der Waals surface area contributed by atoms with Crippen LogP contribution in [0, 0.1) is 5.92 Å². The first-order valence-corrected chi connectivity index (χ1v) is 6.59. The van der Waals surface area contributed by atoms with Crippen molar-refractivity contribution in [3.8, 4) is 0 Å². The van der Waals surface area contributed by atoms with Crippen molar-refractivity contribution >= 4 is 5.97 Å². The summed E-state index contributed by atoms with van der Waals surface area (Å²) in [5.41, 5.74) is 1.20. The number of benzene rings is 1. The Bertz CT molecular complexity index is 418. The molecule has 4 nitrogen and oxygen atoms in total. The van der Waals surface area contributed by atoms with E-state index in [0.717, 1.165) is 12.1 Å². The number of carboxylic acid groups (broad SMARTS) is 1. The van der Waals surface area contributed by atoms with Crippen LogP contribution in [0.2, 0.25) is 0 Å². The molecule has 1 aromatic rings. The molecule has 19 heavy (non-hydrogen) atoms. The van der Waals surface area contributed by atoms with Crippen molar-refractivity contribution in [3.63, 3.8) is 0 Å². The Hall–Kier alpha value is -1.39. The molecule has 0 aromatic heterocycles. The fraction of sp³-hybridized carbons (Fsp3) is 0.533. The lowest BCUT2D eigenvalue weighted by molar-refractivity contribution is 0.0694. The van der Waals surface area contributed by atoms with Gasteiger partial charge < -0.3 is 15.1 Å². The second kappa shape index (κ2) is 7.26. The number of rotatable bonds is 7. The Labute approximate surface area is 114 Å². The van der Waals surface area contributed by atoms with Gasteiger partial charge in [-0.2, -0.15) is 0 Å². The van der Waals surface area contributed by atoms with E-state index in [4.69, 9.17) is 5.11 Å². The molecule has 1 unspecified atom stereocenters. The van der Waals surface area contributed by atoms with Crippen molar-refractivity contribution in [2.24, 2.45) is 5.92 Å². The van der Waals surface area contributed by atoms with Crippen LogP contribution in [0.25, 0.3) is 0 Å². The van der Waals surface area contributed by atoms with Gasteiger partial charge in [0, 0.05) is 13.1 Å². The summed E-state index contributed by atoms with van der Waals surface area (Å²) in [4.78, 5) is 13.1. The zero-order valence-electron chi connectivity index (χ0n) is 11.8. The van der Waals surface area contributed by atoms with Crippen molar-refractivity contribution in [3.05, 3.63) is 35.4 Å². The van der Waals surface area contributed by atoms with E-state index in [9.17, 15) is 9.90 Å². The molecule has 1 atom stereocenters. The van der Waals surface area contributed by atoms with Gasteiger partial charge in [0.05, 0.1) is 11.7 Å². The predicted octanol–water partition coefficient (Wildman–Crippen LogP) is 1.88. The van der Waals surface area contributed by atoms with Crippen LogP contribution < -0.4 is 0 Å². The van der Waals surface area contributed by atoms with Crippen molar-refractivity contribution in [1.82, 2.24) is 4.90 Å². The second-order valence-electron chi connectivity index (χ2n) is 5.29. The number of aliphatic hydroxyl groups excluding tert-OH is 1. The fourth-order valence-corrected chi connectivity index (χ4v) is 1.88. The maximum atomic E-state index is 11.1. The van der Waals surface area contributed by atoms with E-state index in [0.29, 0.717) is 18.5 Å². The molecule has 0 aliphatic rings. The lowest BCUT2D eigenvalue weighted by Crippen LogP contribution is -2.33. The normalized spacial score (nSPS) is 12.9. The topological polar surface area (TPSA) is 60.8 Å². The van der Waals surface area contributed by atoms with Gasteiger partial charge in [-0.25, -0.2) is 4.79 Å². The molecule has 0 spiro atoms. The lowest BCUT2D eigenvalue weighted by atomic mass is 10.0. The van der Waals surface area contributed by atoms with Crippen LogP contribution in [0.5, 0.6) is 0 Å². The van der Waals surface area contributed by atoms with Crippen LogP contribution in [-0.4, -0.2) is 47.3 Å². The quantitative estimate of drug-likeness (QED) is 0.790. The third-order valence-corrected chi connectivity index (χ3v) is 3.28. The van der Waals surface area contributed by atoms with E-state index in [-0.39, 0.29) is 12.0 Å². The predicted molar refractivity (Wildman–Crippen MR) is 75.4 cm³/mol. The maximum Gasteiger partial charge on any atom is 0.335 e. The number of carbonyl (C=O) groups is 1. The van der Waals surface area contributed by atoms with Crippen molar-refractivity contribution in [1.29, 1.82) is 0 Å². The summed E-state index contributed by atoms with van der Waals surface area (Å²) in [6.07, 6.45) is 0.323. The monoisotopic (exact) mass is 265 g/mol. The number of hydrogen-bond donors (Lipinski definition) is 2. The number of hydrogen-bond acceptors (Lipinski definition) is 3. The minimum atomic E-state index is -0.888. The number of aromatic carboxylic acids is 1. The molecule has 4 heteroatoms. The van der Waals surface area contributed by atoms with E-state index in [1.165, 1.54) is 0 Å². The molecule has 0 heterocycles. The third kappa shape index (κ3) is 5.01. The molecular formula is C15H23NO3. The highest BCUT2D eigenvalue weighted by molar-refractivity contribution is 5.89. The standard InChI is InChI=1S/C15H23NO3/c1-11(2)14(17)10-16(3)9-8-12-6-4-5-7-13(12)15(18)19/h4-7,11,14,17H,8-10H2,1-3H3,(H,18,19). The summed E-state index contributed by atoms with van der Waals surface area (Å²) >= 11 is 0. The molecule has 1 aromatic carbocycles. The van der Waals surface area contributed by atoms with Gasteiger partial charge in [-0.15, -0.1) is 0 Å². The highest BCUT2D eigenvalue weighted by Crippen LogP contribution is 2.10. The summed E-state index contributed by atoms with van der Waals surface area (Å²) < 4.78 is 0. The van der Waals surface area contributed by atoms with Crippen LogP contribution >= 0.6 is 0 Å². The number of carboxylic acids is 1. The Morgan fingerprint density at radius 3 is 2.53 bits per heavy atom. The lowest BCUT2D eigenvalue weighted by Gasteiger charge is -2.23. The van der Waals surface area contributed by atoms with Crippen LogP contribution in [0.3, 0.4) is 0 Å². The van der Waals surface area contributed by atoms with Gasteiger partial charge in [0.25, 0.3) is 0 Å². The third-order valence-electron chi connectivity index (χ3n) is 3.28. The van der Waals surface area contributed by atoms with Crippen LogP contribution in [-0.2, 0) is 6.42 Å². The Balaban J connectivity index is 2.55. The first-order valence-electron chi connectivity index (χ1n) is 6.59. The highest BCUT2D eigenvalue weighted by Gasteiger charge is 2.13. The number of nitrogens with zero attached hydrogens (tertiary/aromatic N) is 1. The number of aliphatic hydroxyl groups is 1. The Morgan fingerprint density at radius 2 is 1.95 bits per heavy atom. The van der Waals surface area contributed by atoms with E-state index in [1.807, 2.05) is 37.9 Å². The first kappa shape index (κ1) is 15.7. The largest absolute Gasteiger partial charge is 0.478 e. The maximum absolute atomic E-state index is 11.1. The minimum Gasteiger partial charge on any atom is -0.478 e. The van der Waals surface area contributed by atoms with Gasteiger partial charge in [-0.1, -0.05) is 32.0 Å². The molecule has 0 radical (unpaired) electrons. The second-order valence-corrected chi connectivity index (χ2v) is 5.29. The molecule has 0 aliphatic heterocycles. The fourth-order valence-electron chi connectivity index (χ4n) is 1.88. The average molecular weight is 265 g/mol. The first-order chi connectivity index (χ1) is 8.91. The summed E-state index contributed by atoms with van der Waals surface area (Å²) in [5, 5.41) is 18.9. The summed E-state index contributed by atoms with van der Waals surface area (Å²) in [5.74, 6) is -0.658. The zero-order chi connectivity index (χ0) is 14.4. The molecule has 0 fully saturated rings. The van der Waals surface area contributed by atoms with Crippen LogP contribution in [0.4, 0.5) is 0 Å². The zero-order valence-corrected chi connectivity index (χ0v) is 11.8. The van der Waals surface area contributed by atoms with Gasteiger partial charge in [0.1, 0.15) is 0 Å². The van der Waals surface area contributed by atoms with E-state index in [1.54, 1.807) is 12.1 Å². The van der Waals surface area contributed by atoms with Crippen LogP contribution in [0.15, 0.2) is 24.3 Å². The minimum absolute atomic E-state index is 0.230. The van der Waals surface area contributed by atoms with Gasteiger partial charge >= 0.3 is 5.97 Å². The smallest absolute Gasteiger partial charge is 0.335 e. The molecule has 0 saturated carbocycles.